The minimum atomic E-state index is 0.928. The molecule has 0 aliphatic heterocycles. The van der Waals surface area contributed by atoms with Gasteiger partial charge in [0, 0.05) is 22.5 Å². The van der Waals surface area contributed by atoms with Crippen LogP contribution in [0.1, 0.15) is 0 Å². The molecule has 0 bridgehead atoms. The normalized spacial score (nSPS) is 11.8. The number of benzene rings is 12. The summed E-state index contributed by atoms with van der Waals surface area (Å²) in [5, 5.41) is 12.6. The van der Waals surface area contributed by atoms with Crippen molar-refractivity contribution in [1.29, 1.82) is 0 Å². The fraction of sp³-hybridized carbons (Fsp3) is 0. The molecule has 0 aliphatic carbocycles. The summed E-state index contributed by atoms with van der Waals surface area (Å²) in [6.45, 7) is 0. The average molecular weight is 865 g/mol. The first-order valence-corrected chi connectivity index (χ1v) is 23.2. The highest BCUT2D eigenvalue weighted by Crippen LogP contribution is 2.46. The summed E-state index contributed by atoms with van der Waals surface area (Å²) in [6.07, 6.45) is 0. The fourth-order valence-electron chi connectivity index (χ4n) is 10.8. The van der Waals surface area contributed by atoms with E-state index < -0.39 is 0 Å². The molecule has 0 fully saturated rings. The third kappa shape index (κ3) is 5.94. The Morgan fingerprint density at radius 3 is 0.985 bits per heavy atom. The van der Waals surface area contributed by atoms with Gasteiger partial charge in [-0.3, -0.25) is 9.13 Å². The van der Waals surface area contributed by atoms with Gasteiger partial charge < -0.3 is 0 Å². The van der Waals surface area contributed by atoms with E-state index in [1.165, 1.54) is 65.0 Å². The molecule has 68 heavy (non-hydrogen) atoms. The Hall–Kier alpha value is -9.12. The third-order valence-electron chi connectivity index (χ3n) is 13.9. The van der Waals surface area contributed by atoms with E-state index in [9.17, 15) is 0 Å². The van der Waals surface area contributed by atoms with Crippen LogP contribution < -0.4 is 0 Å². The van der Waals surface area contributed by atoms with Gasteiger partial charge >= 0.3 is 0 Å². The zero-order valence-electron chi connectivity index (χ0n) is 36.9. The van der Waals surface area contributed by atoms with Crippen molar-refractivity contribution in [2.24, 2.45) is 0 Å². The number of fused-ring (bicyclic) bond motifs is 13. The van der Waals surface area contributed by atoms with Gasteiger partial charge in [-0.15, -0.1) is 0 Å². The zero-order valence-corrected chi connectivity index (χ0v) is 36.9. The molecule has 4 nitrogen and oxygen atoms in total. The standard InChI is InChI=1S/C64H40N4/c1-3-15-47(16-4-1)67-59-25-13-11-23-57(59)65-63(67)43-31-27-41(28-32-43)45-35-37-51-52-38-36-46(40-56(52)62-54-22-10-8-20-50(54)49-19-7-9-21-53(49)61(62)55(51)39-45)42-29-33-44(34-30-42)64-66-58-24-12-14-26-60(58)68(64)48-17-5-2-6-18-48/h1-40H. The predicted molar refractivity (Wildman–Crippen MR) is 285 cm³/mol. The van der Waals surface area contributed by atoms with Gasteiger partial charge in [-0.2, -0.15) is 0 Å². The van der Waals surface area contributed by atoms with Crippen molar-refractivity contribution in [1.82, 2.24) is 19.1 Å². The van der Waals surface area contributed by atoms with Gasteiger partial charge in [-0.1, -0.05) is 182 Å². The van der Waals surface area contributed by atoms with Crippen LogP contribution in [0.4, 0.5) is 0 Å². The first-order valence-electron chi connectivity index (χ1n) is 23.2. The van der Waals surface area contributed by atoms with E-state index in [1.807, 2.05) is 0 Å². The number of nitrogens with zero attached hydrogens (tertiary/aromatic N) is 4. The van der Waals surface area contributed by atoms with Gasteiger partial charge in [0.15, 0.2) is 0 Å². The molecule has 0 radical (unpaired) electrons. The molecular formula is C64H40N4. The second kappa shape index (κ2) is 15.2. The quantitative estimate of drug-likeness (QED) is 0.156. The molecule has 0 amide bonds. The van der Waals surface area contributed by atoms with Crippen molar-refractivity contribution in [2.75, 3.05) is 0 Å². The SMILES string of the molecule is c1ccc(-n2c(-c3ccc(-c4ccc5c6ccc(-c7ccc(-c8nc9ccccc9n8-c8ccccc8)cc7)cc6c6c7ccccc7c7ccccc7c6c5c4)cc3)nc3ccccc32)cc1. The number of hydrogen-bond acceptors (Lipinski definition) is 2. The van der Waals surface area contributed by atoms with Crippen molar-refractivity contribution in [2.45, 2.75) is 0 Å². The lowest BCUT2D eigenvalue weighted by molar-refractivity contribution is 1.10. The monoisotopic (exact) mass is 864 g/mol. The lowest BCUT2D eigenvalue weighted by Crippen LogP contribution is -1.97. The Kier molecular flexibility index (Phi) is 8.55. The fourth-order valence-corrected chi connectivity index (χ4v) is 10.8. The molecule has 14 aromatic rings. The second-order valence-corrected chi connectivity index (χ2v) is 17.7. The third-order valence-corrected chi connectivity index (χ3v) is 13.9. The predicted octanol–water partition coefficient (Wildman–Crippen LogP) is 16.8. The van der Waals surface area contributed by atoms with E-state index in [-0.39, 0.29) is 0 Å². The molecule has 14 rings (SSSR count). The lowest BCUT2D eigenvalue weighted by Gasteiger charge is -2.18. The van der Waals surface area contributed by atoms with Crippen molar-refractivity contribution >= 4 is 75.9 Å². The van der Waals surface area contributed by atoms with Crippen LogP contribution in [0.3, 0.4) is 0 Å². The van der Waals surface area contributed by atoms with Crippen molar-refractivity contribution in [3.63, 3.8) is 0 Å². The van der Waals surface area contributed by atoms with Crippen LogP contribution in [0.15, 0.2) is 243 Å². The minimum absolute atomic E-state index is 0.928. The highest BCUT2D eigenvalue weighted by atomic mass is 15.1. The molecule has 0 aliphatic rings. The van der Waals surface area contributed by atoms with E-state index in [0.29, 0.717) is 0 Å². The highest BCUT2D eigenvalue weighted by Gasteiger charge is 2.20. The summed E-state index contributed by atoms with van der Waals surface area (Å²) in [7, 11) is 0. The molecule has 4 heteroatoms. The first kappa shape index (κ1) is 38.2. The van der Waals surface area contributed by atoms with E-state index in [4.69, 9.17) is 9.97 Å². The van der Waals surface area contributed by atoms with Crippen LogP contribution >= 0.6 is 0 Å². The number of hydrogen-bond donors (Lipinski definition) is 0. The van der Waals surface area contributed by atoms with Crippen molar-refractivity contribution in [3.8, 4) is 56.4 Å². The maximum atomic E-state index is 5.14. The molecule has 0 saturated heterocycles. The summed E-state index contributed by atoms with van der Waals surface area (Å²) in [4.78, 5) is 10.3. The van der Waals surface area contributed by atoms with Gasteiger partial charge in [0.05, 0.1) is 22.1 Å². The zero-order chi connectivity index (χ0) is 44.7. The van der Waals surface area contributed by atoms with Gasteiger partial charge in [0.25, 0.3) is 0 Å². The molecule has 2 aromatic heterocycles. The van der Waals surface area contributed by atoms with E-state index >= 15 is 0 Å². The summed E-state index contributed by atoms with van der Waals surface area (Å²) >= 11 is 0. The Balaban J connectivity index is 0.926. The van der Waals surface area contributed by atoms with Crippen molar-refractivity contribution in [3.05, 3.63) is 243 Å². The Morgan fingerprint density at radius 2 is 0.559 bits per heavy atom. The molecule has 2 heterocycles. The molecule has 0 N–H and O–H groups in total. The summed E-state index contributed by atoms with van der Waals surface area (Å²) in [5.41, 5.74) is 13.1. The average Bonchev–Trinajstić information content (AvgIpc) is 4.01. The van der Waals surface area contributed by atoms with Crippen LogP contribution in [0, 0.1) is 0 Å². The molecule has 0 atom stereocenters. The van der Waals surface area contributed by atoms with Gasteiger partial charge in [0.2, 0.25) is 0 Å². The summed E-state index contributed by atoms with van der Waals surface area (Å²) in [6, 6.07) is 87.6. The Morgan fingerprint density at radius 1 is 0.235 bits per heavy atom. The van der Waals surface area contributed by atoms with Crippen LogP contribution in [-0.2, 0) is 0 Å². The number of rotatable bonds is 6. The molecule has 0 spiro atoms. The number of imidazole rings is 2. The molecule has 0 unspecified atom stereocenters. The largest absolute Gasteiger partial charge is 0.292 e. The topological polar surface area (TPSA) is 35.6 Å². The second-order valence-electron chi connectivity index (χ2n) is 17.7. The number of para-hydroxylation sites is 6. The van der Waals surface area contributed by atoms with Gasteiger partial charge in [-0.05, 0) is 137 Å². The Labute approximate surface area is 392 Å². The smallest absolute Gasteiger partial charge is 0.145 e. The van der Waals surface area contributed by atoms with Gasteiger partial charge in [0.1, 0.15) is 11.6 Å². The van der Waals surface area contributed by atoms with Crippen LogP contribution in [-0.4, -0.2) is 19.1 Å². The molecule has 12 aromatic carbocycles. The van der Waals surface area contributed by atoms with E-state index in [2.05, 4.69) is 252 Å². The molecule has 316 valence electrons. The lowest BCUT2D eigenvalue weighted by atomic mass is 9.85. The van der Waals surface area contributed by atoms with Crippen LogP contribution in [0.2, 0.25) is 0 Å². The van der Waals surface area contributed by atoms with Gasteiger partial charge in [-0.25, -0.2) is 9.97 Å². The maximum Gasteiger partial charge on any atom is 0.145 e. The molecule has 0 saturated carbocycles. The highest BCUT2D eigenvalue weighted by molar-refractivity contribution is 6.39. The van der Waals surface area contributed by atoms with Crippen molar-refractivity contribution < 1.29 is 0 Å². The van der Waals surface area contributed by atoms with Crippen LogP contribution in [0.25, 0.3) is 132 Å². The Bertz CT molecular complexity index is 4000. The van der Waals surface area contributed by atoms with E-state index in [0.717, 1.165) is 67.3 Å². The number of aromatic nitrogens is 4. The summed E-state index contributed by atoms with van der Waals surface area (Å²) in [5.74, 6) is 1.86. The molecular weight excluding hydrogens is 825 g/mol. The van der Waals surface area contributed by atoms with E-state index in [1.54, 1.807) is 0 Å². The first-order chi connectivity index (χ1) is 33.7. The minimum Gasteiger partial charge on any atom is -0.292 e. The van der Waals surface area contributed by atoms with Crippen LogP contribution in [0.5, 0.6) is 0 Å². The summed E-state index contributed by atoms with van der Waals surface area (Å²) < 4.78 is 4.52. The maximum absolute atomic E-state index is 5.14.